The lowest BCUT2D eigenvalue weighted by atomic mass is 9.95. The summed E-state index contributed by atoms with van der Waals surface area (Å²) in [5, 5.41) is 3.80. The summed E-state index contributed by atoms with van der Waals surface area (Å²) < 4.78 is 5.81. The number of halogens is 1. The van der Waals surface area contributed by atoms with Crippen LogP contribution in [-0.4, -0.2) is 37.0 Å². The highest BCUT2D eigenvalue weighted by atomic mass is 35.5. The Kier molecular flexibility index (Phi) is 7.35. The third-order valence-electron chi connectivity index (χ3n) is 5.26. The van der Waals surface area contributed by atoms with Gasteiger partial charge in [-0.2, -0.15) is 0 Å². The zero-order valence-corrected chi connectivity index (χ0v) is 17.5. The van der Waals surface area contributed by atoms with Crippen molar-refractivity contribution in [3.63, 3.8) is 0 Å². The van der Waals surface area contributed by atoms with E-state index in [2.05, 4.69) is 28.4 Å². The second-order valence-corrected chi connectivity index (χ2v) is 8.03. The molecule has 1 amide bonds. The molecule has 2 aromatic carbocycles. The second kappa shape index (κ2) is 9.94. The summed E-state index contributed by atoms with van der Waals surface area (Å²) in [6.45, 7) is 7.86. The number of nitrogens with one attached hydrogen (secondary N) is 1. The maximum atomic E-state index is 12.4. The number of ether oxygens (including phenoxy) is 1. The van der Waals surface area contributed by atoms with Crippen LogP contribution in [-0.2, 0) is 11.3 Å². The monoisotopic (exact) mass is 400 g/mol. The van der Waals surface area contributed by atoms with Crippen molar-refractivity contribution in [2.24, 2.45) is 5.92 Å². The SMILES string of the molecule is Cc1ccc(C)c(OCCNC(=O)C2CCN(Cc3cccc(Cl)c3)CC2)c1. The van der Waals surface area contributed by atoms with Crippen LogP contribution in [0.25, 0.3) is 0 Å². The van der Waals surface area contributed by atoms with E-state index in [1.165, 1.54) is 11.1 Å². The van der Waals surface area contributed by atoms with Crippen molar-refractivity contribution in [3.8, 4) is 5.75 Å². The summed E-state index contributed by atoms with van der Waals surface area (Å²) in [5.41, 5.74) is 3.51. The molecule has 3 rings (SSSR count). The molecule has 1 saturated heterocycles. The average molecular weight is 401 g/mol. The number of rotatable bonds is 7. The topological polar surface area (TPSA) is 41.6 Å². The standard InChI is InChI=1S/C23H29ClN2O2/c1-17-6-7-18(2)22(14-17)28-13-10-25-23(27)20-8-11-26(12-9-20)16-19-4-3-5-21(24)15-19/h3-7,14-15,20H,8-13,16H2,1-2H3,(H,25,27). The van der Waals surface area contributed by atoms with Crippen molar-refractivity contribution < 1.29 is 9.53 Å². The maximum absolute atomic E-state index is 12.4. The molecular weight excluding hydrogens is 372 g/mol. The van der Waals surface area contributed by atoms with Gasteiger partial charge in [-0.25, -0.2) is 0 Å². The van der Waals surface area contributed by atoms with Crippen molar-refractivity contribution in [1.82, 2.24) is 10.2 Å². The molecule has 5 heteroatoms. The van der Waals surface area contributed by atoms with Gasteiger partial charge in [0.05, 0.1) is 6.54 Å². The number of benzene rings is 2. The lowest BCUT2D eigenvalue weighted by Crippen LogP contribution is -2.41. The molecule has 0 spiro atoms. The van der Waals surface area contributed by atoms with Crippen LogP contribution in [0.4, 0.5) is 0 Å². The molecule has 4 nitrogen and oxygen atoms in total. The summed E-state index contributed by atoms with van der Waals surface area (Å²) in [6, 6.07) is 14.1. The van der Waals surface area contributed by atoms with E-state index < -0.39 is 0 Å². The van der Waals surface area contributed by atoms with Crippen LogP contribution in [0.1, 0.15) is 29.5 Å². The van der Waals surface area contributed by atoms with E-state index in [1.54, 1.807) is 0 Å². The Morgan fingerprint density at radius 1 is 1.18 bits per heavy atom. The number of carbonyl (C=O) groups is 1. The number of piperidine rings is 1. The molecule has 0 aromatic heterocycles. The Morgan fingerprint density at radius 3 is 2.71 bits per heavy atom. The van der Waals surface area contributed by atoms with Crippen molar-refractivity contribution >= 4 is 17.5 Å². The zero-order valence-electron chi connectivity index (χ0n) is 16.7. The van der Waals surface area contributed by atoms with E-state index in [0.29, 0.717) is 13.2 Å². The van der Waals surface area contributed by atoms with Crippen LogP contribution >= 0.6 is 11.6 Å². The van der Waals surface area contributed by atoms with E-state index in [4.69, 9.17) is 16.3 Å². The van der Waals surface area contributed by atoms with E-state index >= 15 is 0 Å². The smallest absolute Gasteiger partial charge is 0.223 e. The van der Waals surface area contributed by atoms with Gasteiger partial charge in [0.2, 0.25) is 5.91 Å². The first kappa shape index (κ1) is 20.7. The highest BCUT2D eigenvalue weighted by Gasteiger charge is 2.24. The fourth-order valence-corrected chi connectivity index (χ4v) is 3.80. The van der Waals surface area contributed by atoms with Crippen LogP contribution in [0, 0.1) is 19.8 Å². The molecule has 0 atom stereocenters. The van der Waals surface area contributed by atoms with Gasteiger partial charge in [0.25, 0.3) is 0 Å². The minimum Gasteiger partial charge on any atom is -0.491 e. The third-order valence-corrected chi connectivity index (χ3v) is 5.49. The Morgan fingerprint density at radius 2 is 1.96 bits per heavy atom. The second-order valence-electron chi connectivity index (χ2n) is 7.59. The summed E-state index contributed by atoms with van der Waals surface area (Å²) in [4.78, 5) is 14.8. The Bertz CT molecular complexity index is 801. The predicted octanol–water partition coefficient (Wildman–Crippen LogP) is 4.36. The predicted molar refractivity (Wildman–Crippen MR) is 114 cm³/mol. The molecule has 0 saturated carbocycles. The third kappa shape index (κ3) is 5.98. The molecule has 1 aliphatic rings. The molecule has 28 heavy (non-hydrogen) atoms. The lowest BCUT2D eigenvalue weighted by Gasteiger charge is -2.31. The fraction of sp³-hybridized carbons (Fsp3) is 0.435. The molecule has 1 aliphatic heterocycles. The Balaban J connectivity index is 1.36. The first-order chi connectivity index (χ1) is 13.5. The zero-order chi connectivity index (χ0) is 19.9. The molecule has 0 bridgehead atoms. The van der Waals surface area contributed by atoms with Gasteiger partial charge in [-0.3, -0.25) is 9.69 Å². The van der Waals surface area contributed by atoms with Gasteiger partial charge in [-0.1, -0.05) is 35.9 Å². The Hall–Kier alpha value is -2.04. The Labute approximate surface area is 172 Å². The van der Waals surface area contributed by atoms with Crippen LogP contribution in [0.2, 0.25) is 5.02 Å². The largest absolute Gasteiger partial charge is 0.491 e. The number of hydrogen-bond donors (Lipinski definition) is 1. The summed E-state index contributed by atoms with van der Waals surface area (Å²) in [5.74, 6) is 1.13. The highest BCUT2D eigenvalue weighted by Crippen LogP contribution is 2.21. The van der Waals surface area contributed by atoms with Crippen molar-refractivity contribution in [3.05, 3.63) is 64.2 Å². The van der Waals surface area contributed by atoms with Crippen LogP contribution in [0.15, 0.2) is 42.5 Å². The number of nitrogens with zero attached hydrogens (tertiary/aromatic N) is 1. The van der Waals surface area contributed by atoms with Crippen molar-refractivity contribution in [2.75, 3.05) is 26.2 Å². The van der Waals surface area contributed by atoms with Crippen LogP contribution < -0.4 is 10.1 Å². The van der Waals surface area contributed by atoms with Crippen LogP contribution in [0.3, 0.4) is 0 Å². The fourth-order valence-electron chi connectivity index (χ4n) is 3.59. The van der Waals surface area contributed by atoms with Gasteiger partial charge in [0.1, 0.15) is 12.4 Å². The van der Waals surface area contributed by atoms with Gasteiger partial charge in [0.15, 0.2) is 0 Å². The van der Waals surface area contributed by atoms with E-state index in [-0.39, 0.29) is 11.8 Å². The minimum atomic E-state index is 0.0938. The molecule has 1 heterocycles. The molecule has 150 valence electrons. The molecule has 0 aliphatic carbocycles. The lowest BCUT2D eigenvalue weighted by molar-refractivity contribution is -0.126. The van der Waals surface area contributed by atoms with Gasteiger partial charge in [-0.15, -0.1) is 0 Å². The molecule has 1 fully saturated rings. The van der Waals surface area contributed by atoms with Gasteiger partial charge < -0.3 is 10.1 Å². The molecule has 1 N–H and O–H groups in total. The van der Waals surface area contributed by atoms with E-state index in [9.17, 15) is 4.79 Å². The van der Waals surface area contributed by atoms with E-state index in [0.717, 1.165) is 48.8 Å². The number of likely N-dealkylation sites (tertiary alicyclic amines) is 1. The van der Waals surface area contributed by atoms with Gasteiger partial charge >= 0.3 is 0 Å². The minimum absolute atomic E-state index is 0.0938. The number of amides is 1. The average Bonchev–Trinajstić information content (AvgIpc) is 2.68. The number of hydrogen-bond acceptors (Lipinski definition) is 3. The summed E-state index contributed by atoms with van der Waals surface area (Å²) >= 11 is 6.06. The molecule has 0 radical (unpaired) electrons. The number of carbonyl (C=O) groups excluding carboxylic acids is 1. The van der Waals surface area contributed by atoms with Gasteiger partial charge in [-0.05, 0) is 74.7 Å². The first-order valence-corrected chi connectivity index (χ1v) is 10.3. The summed E-state index contributed by atoms with van der Waals surface area (Å²) in [6.07, 6.45) is 1.79. The normalized spacial score (nSPS) is 15.4. The van der Waals surface area contributed by atoms with Crippen molar-refractivity contribution in [2.45, 2.75) is 33.2 Å². The molecule has 2 aromatic rings. The molecular formula is C23H29ClN2O2. The summed E-state index contributed by atoms with van der Waals surface area (Å²) in [7, 11) is 0. The number of aryl methyl sites for hydroxylation is 2. The quantitative estimate of drug-likeness (QED) is 0.702. The molecule has 0 unspecified atom stereocenters. The van der Waals surface area contributed by atoms with Gasteiger partial charge in [0, 0.05) is 17.5 Å². The van der Waals surface area contributed by atoms with E-state index in [1.807, 2.05) is 38.1 Å². The van der Waals surface area contributed by atoms with Crippen LogP contribution in [0.5, 0.6) is 5.75 Å². The highest BCUT2D eigenvalue weighted by molar-refractivity contribution is 6.30. The maximum Gasteiger partial charge on any atom is 0.223 e. The first-order valence-electron chi connectivity index (χ1n) is 9.96. The van der Waals surface area contributed by atoms with Crippen molar-refractivity contribution in [1.29, 1.82) is 0 Å².